The highest BCUT2D eigenvalue weighted by atomic mass is 35.5. The van der Waals surface area contributed by atoms with Crippen molar-refractivity contribution in [2.75, 3.05) is 0 Å². The fourth-order valence-electron chi connectivity index (χ4n) is 2.72. The molecule has 0 unspecified atom stereocenters. The second-order valence-electron chi connectivity index (χ2n) is 6.20. The van der Waals surface area contributed by atoms with Crippen LogP contribution in [0, 0.1) is 11.3 Å². The molecule has 4 rings (SSSR count). The summed E-state index contributed by atoms with van der Waals surface area (Å²) in [6, 6.07) is 28.3. The number of thiazole rings is 1. The van der Waals surface area contributed by atoms with Crippen LogP contribution in [0.25, 0.3) is 22.9 Å². The van der Waals surface area contributed by atoms with E-state index in [1.165, 1.54) is 21.1 Å². The lowest BCUT2D eigenvalue weighted by Gasteiger charge is -2.02. The van der Waals surface area contributed by atoms with Gasteiger partial charge in [0, 0.05) is 25.8 Å². The molecule has 4 aromatic rings. The van der Waals surface area contributed by atoms with Crippen LogP contribution in [0.1, 0.15) is 10.6 Å². The molecule has 1 heterocycles. The smallest absolute Gasteiger partial charge is 0.134 e. The lowest BCUT2D eigenvalue weighted by Crippen LogP contribution is -1.83. The number of benzene rings is 3. The number of nitriles is 1. The summed E-state index contributed by atoms with van der Waals surface area (Å²) in [5.74, 6) is 0. The van der Waals surface area contributed by atoms with Crippen LogP contribution in [-0.4, -0.2) is 4.98 Å². The van der Waals surface area contributed by atoms with Crippen LogP contribution in [-0.2, 0) is 0 Å². The highest BCUT2D eigenvalue weighted by Crippen LogP contribution is 2.31. The summed E-state index contributed by atoms with van der Waals surface area (Å²) in [6.07, 6.45) is 1.83. The summed E-state index contributed by atoms with van der Waals surface area (Å²) in [5, 5.41) is 12.9. The standard InChI is InChI=1S/C24H15ClN2S2/c25-20-10-6-17(7-11-20)14-19(15-26)24-27-23(16-28-24)18-8-12-22(13-9-18)29-21-4-2-1-3-5-21/h1-14,16H. The first-order valence-electron chi connectivity index (χ1n) is 8.88. The third-order valence-corrected chi connectivity index (χ3v) is 6.31. The van der Waals surface area contributed by atoms with Crippen molar-refractivity contribution in [3.05, 3.63) is 99.8 Å². The molecule has 0 atom stereocenters. The molecule has 3 aromatic carbocycles. The predicted molar refractivity (Wildman–Crippen MR) is 123 cm³/mol. The monoisotopic (exact) mass is 430 g/mol. The Labute approximate surface area is 183 Å². The van der Waals surface area contributed by atoms with Gasteiger partial charge in [-0.15, -0.1) is 11.3 Å². The normalized spacial score (nSPS) is 11.2. The zero-order valence-electron chi connectivity index (χ0n) is 15.2. The molecule has 0 amide bonds. The van der Waals surface area contributed by atoms with Crippen LogP contribution in [0.4, 0.5) is 0 Å². The first-order valence-corrected chi connectivity index (χ1v) is 11.0. The predicted octanol–water partition coefficient (Wildman–Crippen LogP) is 7.68. The maximum atomic E-state index is 9.57. The van der Waals surface area contributed by atoms with Crippen LogP contribution >= 0.6 is 34.7 Å². The van der Waals surface area contributed by atoms with E-state index >= 15 is 0 Å². The van der Waals surface area contributed by atoms with Crippen molar-refractivity contribution in [3.63, 3.8) is 0 Å². The zero-order chi connectivity index (χ0) is 20.1. The molecule has 0 aliphatic rings. The summed E-state index contributed by atoms with van der Waals surface area (Å²) in [5.41, 5.74) is 3.37. The molecule has 140 valence electrons. The Morgan fingerprint density at radius 2 is 1.62 bits per heavy atom. The van der Waals surface area contributed by atoms with Gasteiger partial charge < -0.3 is 0 Å². The van der Waals surface area contributed by atoms with Gasteiger partial charge in [0.05, 0.1) is 11.3 Å². The Kier molecular flexibility index (Phi) is 6.12. The summed E-state index contributed by atoms with van der Waals surface area (Å²) >= 11 is 9.13. The highest BCUT2D eigenvalue weighted by molar-refractivity contribution is 7.99. The molecule has 0 aliphatic heterocycles. The van der Waals surface area contributed by atoms with Gasteiger partial charge in [0.25, 0.3) is 0 Å². The summed E-state index contributed by atoms with van der Waals surface area (Å²) in [4.78, 5) is 7.06. The van der Waals surface area contributed by atoms with Gasteiger partial charge in [-0.1, -0.05) is 65.8 Å². The number of allylic oxidation sites excluding steroid dienone is 1. The van der Waals surface area contributed by atoms with E-state index in [1.54, 1.807) is 11.8 Å². The van der Waals surface area contributed by atoms with E-state index in [-0.39, 0.29) is 0 Å². The lowest BCUT2D eigenvalue weighted by atomic mass is 10.1. The number of halogens is 1. The van der Waals surface area contributed by atoms with E-state index in [2.05, 4.69) is 47.5 Å². The molecule has 0 N–H and O–H groups in total. The van der Waals surface area contributed by atoms with Gasteiger partial charge in [-0.3, -0.25) is 0 Å². The summed E-state index contributed by atoms with van der Waals surface area (Å²) in [6.45, 7) is 0. The molecule has 0 spiro atoms. The molecule has 0 saturated heterocycles. The molecular weight excluding hydrogens is 416 g/mol. The maximum absolute atomic E-state index is 9.57. The molecule has 2 nitrogen and oxygen atoms in total. The van der Waals surface area contributed by atoms with Crippen LogP contribution < -0.4 is 0 Å². The Balaban J connectivity index is 1.53. The van der Waals surface area contributed by atoms with Crippen LogP contribution in [0.5, 0.6) is 0 Å². The Hall–Kier alpha value is -2.84. The van der Waals surface area contributed by atoms with E-state index in [4.69, 9.17) is 11.6 Å². The number of rotatable bonds is 5. The Bertz CT molecular complexity index is 1170. The van der Waals surface area contributed by atoms with Crippen molar-refractivity contribution in [2.45, 2.75) is 9.79 Å². The van der Waals surface area contributed by atoms with Gasteiger partial charge >= 0.3 is 0 Å². The van der Waals surface area contributed by atoms with Gasteiger partial charge in [-0.05, 0) is 48.0 Å². The Morgan fingerprint density at radius 1 is 0.931 bits per heavy atom. The van der Waals surface area contributed by atoms with Gasteiger partial charge in [0.1, 0.15) is 11.1 Å². The largest absolute Gasteiger partial charge is 0.235 e. The van der Waals surface area contributed by atoms with Crippen LogP contribution in [0.2, 0.25) is 5.02 Å². The number of hydrogen-bond acceptors (Lipinski definition) is 4. The average molecular weight is 431 g/mol. The van der Waals surface area contributed by atoms with Crippen LogP contribution in [0.3, 0.4) is 0 Å². The Morgan fingerprint density at radius 3 is 2.31 bits per heavy atom. The maximum Gasteiger partial charge on any atom is 0.134 e. The molecule has 0 aliphatic carbocycles. The highest BCUT2D eigenvalue weighted by Gasteiger charge is 2.09. The quantitative estimate of drug-likeness (QED) is 0.304. The molecule has 0 fully saturated rings. The van der Waals surface area contributed by atoms with Crippen molar-refractivity contribution in [2.24, 2.45) is 0 Å². The van der Waals surface area contributed by atoms with E-state index < -0.39 is 0 Å². The van der Waals surface area contributed by atoms with Gasteiger partial charge in [-0.25, -0.2) is 4.98 Å². The topological polar surface area (TPSA) is 36.7 Å². The van der Waals surface area contributed by atoms with Crippen molar-refractivity contribution in [1.29, 1.82) is 5.26 Å². The first kappa shape index (κ1) is 19.5. The van der Waals surface area contributed by atoms with Crippen LogP contribution in [0.15, 0.2) is 94.0 Å². The summed E-state index contributed by atoms with van der Waals surface area (Å²) < 4.78 is 0. The van der Waals surface area contributed by atoms with Gasteiger partial charge in [0.15, 0.2) is 0 Å². The number of aromatic nitrogens is 1. The third kappa shape index (κ3) is 4.96. The van der Waals surface area contributed by atoms with E-state index in [1.807, 2.05) is 53.9 Å². The minimum atomic E-state index is 0.542. The van der Waals surface area contributed by atoms with E-state index in [0.29, 0.717) is 15.6 Å². The molecule has 29 heavy (non-hydrogen) atoms. The first-order chi connectivity index (χ1) is 14.2. The van der Waals surface area contributed by atoms with Gasteiger partial charge in [-0.2, -0.15) is 5.26 Å². The summed E-state index contributed by atoms with van der Waals surface area (Å²) in [7, 11) is 0. The van der Waals surface area contributed by atoms with Gasteiger partial charge in [0.2, 0.25) is 0 Å². The minimum Gasteiger partial charge on any atom is -0.235 e. The van der Waals surface area contributed by atoms with Crippen molar-refractivity contribution < 1.29 is 0 Å². The number of nitrogens with zero attached hydrogens (tertiary/aromatic N) is 2. The second-order valence-corrected chi connectivity index (χ2v) is 8.64. The average Bonchev–Trinajstić information content (AvgIpc) is 3.25. The molecule has 5 heteroatoms. The van der Waals surface area contributed by atoms with Crippen molar-refractivity contribution >= 4 is 46.3 Å². The second kappa shape index (κ2) is 9.11. The fourth-order valence-corrected chi connectivity index (χ4v) is 4.47. The van der Waals surface area contributed by atoms with E-state index in [0.717, 1.165) is 16.8 Å². The molecule has 0 bridgehead atoms. The van der Waals surface area contributed by atoms with Crippen molar-refractivity contribution in [1.82, 2.24) is 4.98 Å². The van der Waals surface area contributed by atoms with E-state index in [9.17, 15) is 5.26 Å². The molecule has 0 radical (unpaired) electrons. The lowest BCUT2D eigenvalue weighted by molar-refractivity contribution is 1.35. The van der Waals surface area contributed by atoms with Crippen molar-refractivity contribution in [3.8, 4) is 17.3 Å². The number of hydrogen-bond donors (Lipinski definition) is 0. The molecule has 0 saturated carbocycles. The SMILES string of the molecule is N#CC(=Cc1ccc(Cl)cc1)c1nc(-c2ccc(Sc3ccccc3)cc2)cs1. The fraction of sp³-hybridized carbons (Fsp3) is 0. The molecular formula is C24H15ClN2S2. The third-order valence-electron chi connectivity index (χ3n) is 4.17. The minimum absolute atomic E-state index is 0.542. The zero-order valence-corrected chi connectivity index (χ0v) is 17.6. The molecule has 1 aromatic heterocycles.